The summed E-state index contributed by atoms with van der Waals surface area (Å²) < 4.78 is 5.07. The number of nitrogens with one attached hydrogen (secondary N) is 2. The van der Waals surface area contributed by atoms with E-state index < -0.39 is 11.0 Å². The number of nitrogens with zero attached hydrogens (tertiary/aromatic N) is 2. The molecule has 1 aromatic heterocycles. The van der Waals surface area contributed by atoms with Gasteiger partial charge in [0.05, 0.1) is 35.5 Å². The molecule has 0 fully saturated rings. The molecular weight excluding hydrogens is 300 g/mol. The fraction of sp³-hybridized carbons (Fsp3) is 0.200. The van der Waals surface area contributed by atoms with Crippen molar-refractivity contribution in [2.75, 3.05) is 12.4 Å². The zero-order valence-corrected chi connectivity index (χ0v) is 12.6. The summed E-state index contributed by atoms with van der Waals surface area (Å²) in [6, 6.07) is 8.63. The van der Waals surface area contributed by atoms with Crippen LogP contribution in [0, 0.1) is 10.1 Å². The Bertz CT molecular complexity index is 706. The standard InChI is InChI=1S/C15H16N4O4/c1-10(12-5-3-4-8-16-12)17-15(20)18-13-7-6-11(19(21)22)9-14(13)23-2/h3-10H,1-2H3,(H2,17,18,20). The molecule has 2 N–H and O–H groups in total. The molecule has 8 nitrogen and oxygen atoms in total. The highest BCUT2D eigenvalue weighted by Crippen LogP contribution is 2.28. The molecule has 1 heterocycles. The number of anilines is 1. The van der Waals surface area contributed by atoms with Gasteiger partial charge >= 0.3 is 6.03 Å². The minimum absolute atomic E-state index is 0.116. The number of ether oxygens (including phenoxy) is 1. The van der Waals surface area contributed by atoms with Crippen molar-refractivity contribution in [2.24, 2.45) is 0 Å². The molecule has 0 aliphatic rings. The van der Waals surface area contributed by atoms with Crippen molar-refractivity contribution in [3.05, 3.63) is 58.4 Å². The minimum Gasteiger partial charge on any atom is -0.494 e. The van der Waals surface area contributed by atoms with E-state index in [0.717, 1.165) is 5.69 Å². The zero-order valence-electron chi connectivity index (χ0n) is 12.6. The summed E-state index contributed by atoms with van der Waals surface area (Å²) in [4.78, 5) is 26.4. The van der Waals surface area contributed by atoms with Crippen molar-refractivity contribution < 1.29 is 14.5 Å². The number of nitro benzene ring substituents is 1. The number of hydrogen-bond donors (Lipinski definition) is 2. The van der Waals surface area contributed by atoms with Gasteiger partial charge in [0.2, 0.25) is 0 Å². The van der Waals surface area contributed by atoms with Crippen LogP contribution in [0.4, 0.5) is 16.2 Å². The van der Waals surface area contributed by atoms with Crippen LogP contribution in [-0.2, 0) is 0 Å². The molecule has 0 bridgehead atoms. The van der Waals surface area contributed by atoms with Crippen molar-refractivity contribution in [3.63, 3.8) is 0 Å². The van der Waals surface area contributed by atoms with Crippen molar-refractivity contribution in [1.29, 1.82) is 0 Å². The largest absolute Gasteiger partial charge is 0.494 e. The van der Waals surface area contributed by atoms with Gasteiger partial charge in [0, 0.05) is 12.3 Å². The minimum atomic E-state index is -0.532. The molecule has 8 heteroatoms. The predicted molar refractivity (Wildman–Crippen MR) is 84.5 cm³/mol. The number of amides is 2. The molecular formula is C15H16N4O4. The van der Waals surface area contributed by atoms with Gasteiger partial charge < -0.3 is 15.4 Å². The van der Waals surface area contributed by atoms with Crippen molar-refractivity contribution in [2.45, 2.75) is 13.0 Å². The van der Waals surface area contributed by atoms with Crippen LogP contribution in [0.3, 0.4) is 0 Å². The summed E-state index contributed by atoms with van der Waals surface area (Å²) in [5.74, 6) is 0.208. The van der Waals surface area contributed by atoms with Crippen LogP contribution >= 0.6 is 0 Å². The zero-order chi connectivity index (χ0) is 16.8. The van der Waals surface area contributed by atoms with Crippen molar-refractivity contribution in [1.82, 2.24) is 10.3 Å². The number of methoxy groups -OCH3 is 1. The molecule has 0 aliphatic carbocycles. The number of non-ortho nitro benzene ring substituents is 1. The average molecular weight is 316 g/mol. The van der Waals surface area contributed by atoms with E-state index in [1.807, 2.05) is 6.07 Å². The van der Waals surface area contributed by atoms with Crippen LogP contribution in [0.25, 0.3) is 0 Å². The van der Waals surface area contributed by atoms with Gasteiger partial charge in [-0.2, -0.15) is 0 Å². The molecule has 23 heavy (non-hydrogen) atoms. The second-order valence-corrected chi connectivity index (χ2v) is 4.72. The van der Waals surface area contributed by atoms with Gasteiger partial charge in [0.1, 0.15) is 5.75 Å². The Morgan fingerprint density at radius 1 is 1.35 bits per heavy atom. The lowest BCUT2D eigenvalue weighted by molar-refractivity contribution is -0.384. The summed E-state index contributed by atoms with van der Waals surface area (Å²) in [5.41, 5.74) is 0.941. The summed E-state index contributed by atoms with van der Waals surface area (Å²) in [7, 11) is 1.37. The topological polar surface area (TPSA) is 106 Å². The second kappa shape index (κ2) is 7.21. The van der Waals surface area contributed by atoms with Crippen LogP contribution in [0.15, 0.2) is 42.6 Å². The summed E-state index contributed by atoms with van der Waals surface area (Å²) >= 11 is 0. The maximum atomic E-state index is 12.0. The highest BCUT2D eigenvalue weighted by molar-refractivity contribution is 5.91. The third-order valence-corrected chi connectivity index (χ3v) is 3.12. The Kier molecular flexibility index (Phi) is 5.08. The van der Waals surface area contributed by atoms with Crippen molar-refractivity contribution in [3.8, 4) is 5.75 Å². The van der Waals surface area contributed by atoms with Gasteiger partial charge in [-0.3, -0.25) is 15.1 Å². The first-order valence-corrected chi connectivity index (χ1v) is 6.82. The number of carbonyl (C=O) groups excluding carboxylic acids is 1. The molecule has 1 unspecified atom stereocenters. The Hall–Kier alpha value is -3.16. The van der Waals surface area contributed by atoms with Crippen LogP contribution in [0.1, 0.15) is 18.7 Å². The number of rotatable bonds is 5. The first-order valence-electron chi connectivity index (χ1n) is 6.82. The molecule has 2 rings (SSSR count). The van der Waals surface area contributed by atoms with Gasteiger partial charge in [-0.25, -0.2) is 4.79 Å². The van der Waals surface area contributed by atoms with Gasteiger partial charge in [-0.05, 0) is 25.1 Å². The van der Waals surface area contributed by atoms with Gasteiger partial charge in [0.25, 0.3) is 5.69 Å². The van der Waals surface area contributed by atoms with E-state index in [1.54, 1.807) is 25.3 Å². The monoisotopic (exact) mass is 316 g/mol. The van der Waals surface area contributed by atoms with E-state index in [9.17, 15) is 14.9 Å². The number of nitro groups is 1. The quantitative estimate of drug-likeness (QED) is 0.651. The van der Waals surface area contributed by atoms with Crippen molar-refractivity contribution >= 4 is 17.4 Å². The number of aromatic nitrogens is 1. The third kappa shape index (κ3) is 4.16. The normalized spacial score (nSPS) is 11.4. The van der Waals surface area contributed by atoms with E-state index >= 15 is 0 Å². The Morgan fingerprint density at radius 3 is 2.74 bits per heavy atom. The van der Waals surface area contributed by atoms with Gasteiger partial charge in [-0.1, -0.05) is 6.07 Å². The van der Waals surface area contributed by atoms with Crippen LogP contribution in [-0.4, -0.2) is 23.0 Å². The van der Waals surface area contributed by atoms with Crippen LogP contribution in [0.5, 0.6) is 5.75 Å². The molecule has 0 saturated carbocycles. The van der Waals surface area contributed by atoms with E-state index in [4.69, 9.17) is 4.74 Å². The number of urea groups is 1. The Labute approximate surface area is 132 Å². The molecule has 0 saturated heterocycles. The number of pyridine rings is 1. The third-order valence-electron chi connectivity index (χ3n) is 3.12. The van der Waals surface area contributed by atoms with Crippen LogP contribution in [0.2, 0.25) is 0 Å². The first-order chi connectivity index (χ1) is 11.0. The van der Waals surface area contributed by atoms with E-state index in [2.05, 4.69) is 15.6 Å². The molecule has 0 radical (unpaired) electrons. The van der Waals surface area contributed by atoms with E-state index in [0.29, 0.717) is 5.69 Å². The molecule has 0 spiro atoms. The molecule has 2 aromatic rings. The number of carbonyl (C=O) groups is 1. The number of hydrogen-bond acceptors (Lipinski definition) is 5. The van der Waals surface area contributed by atoms with Crippen LogP contribution < -0.4 is 15.4 Å². The first kappa shape index (κ1) is 16.2. The van der Waals surface area contributed by atoms with Gasteiger partial charge in [0.15, 0.2) is 0 Å². The molecule has 1 aromatic carbocycles. The van der Waals surface area contributed by atoms with E-state index in [1.165, 1.54) is 25.3 Å². The van der Waals surface area contributed by atoms with Gasteiger partial charge in [-0.15, -0.1) is 0 Å². The Morgan fingerprint density at radius 2 is 2.13 bits per heavy atom. The maximum absolute atomic E-state index is 12.0. The lowest BCUT2D eigenvalue weighted by Gasteiger charge is -2.15. The SMILES string of the molecule is COc1cc([N+](=O)[O-])ccc1NC(=O)NC(C)c1ccccn1. The molecule has 120 valence electrons. The molecule has 1 atom stereocenters. The Balaban J connectivity index is 2.07. The summed E-state index contributed by atoms with van der Waals surface area (Å²) in [6.07, 6.45) is 1.64. The fourth-order valence-corrected chi connectivity index (χ4v) is 1.96. The van der Waals surface area contributed by atoms with E-state index in [-0.39, 0.29) is 17.5 Å². The summed E-state index contributed by atoms with van der Waals surface area (Å²) in [6.45, 7) is 1.80. The highest BCUT2D eigenvalue weighted by atomic mass is 16.6. The fourth-order valence-electron chi connectivity index (χ4n) is 1.96. The molecule has 2 amide bonds. The average Bonchev–Trinajstić information content (AvgIpc) is 2.55. The highest BCUT2D eigenvalue weighted by Gasteiger charge is 2.15. The smallest absolute Gasteiger partial charge is 0.319 e. The predicted octanol–water partition coefficient (Wildman–Crippen LogP) is 2.88. The lowest BCUT2D eigenvalue weighted by atomic mass is 10.2. The summed E-state index contributed by atoms with van der Waals surface area (Å²) in [5, 5.41) is 16.1. The lowest BCUT2D eigenvalue weighted by Crippen LogP contribution is -2.31. The maximum Gasteiger partial charge on any atom is 0.319 e. The number of benzene rings is 1. The second-order valence-electron chi connectivity index (χ2n) is 4.72. The molecule has 0 aliphatic heterocycles.